The zero-order valence-corrected chi connectivity index (χ0v) is 13.5. The Kier molecular flexibility index (Phi) is 3.72. The first-order valence-electron chi connectivity index (χ1n) is 7.27. The van der Waals surface area contributed by atoms with Gasteiger partial charge in [-0.1, -0.05) is 31.5 Å². The molecule has 1 fully saturated rings. The maximum Gasteiger partial charge on any atom is 0.111 e. The number of hydrogen-bond donors (Lipinski definition) is 0. The summed E-state index contributed by atoms with van der Waals surface area (Å²) in [7, 11) is 0. The van der Waals surface area contributed by atoms with Gasteiger partial charge in [0.25, 0.3) is 0 Å². The van der Waals surface area contributed by atoms with Crippen LogP contribution in [0.1, 0.15) is 32.5 Å². The van der Waals surface area contributed by atoms with Gasteiger partial charge in [0.15, 0.2) is 0 Å². The third-order valence-electron chi connectivity index (χ3n) is 4.72. The quantitative estimate of drug-likeness (QED) is 0.718. The first kappa shape index (κ1) is 14.2. The zero-order valence-electron chi connectivity index (χ0n) is 12.0. The Morgan fingerprint density at radius 2 is 2.10 bits per heavy atom. The summed E-state index contributed by atoms with van der Waals surface area (Å²) < 4.78 is 2.34. The molecule has 0 saturated heterocycles. The molecule has 1 heterocycles. The molecular weight excluding hydrogens is 291 g/mol. The largest absolute Gasteiger partial charge is 0.327 e. The van der Waals surface area contributed by atoms with Crippen LogP contribution in [0.3, 0.4) is 0 Å². The van der Waals surface area contributed by atoms with Crippen molar-refractivity contribution in [1.82, 2.24) is 9.55 Å². The number of hydrogen-bond acceptors (Lipinski definition) is 1. The molecule has 2 aromatic rings. The normalized spacial score (nSPS) is 17.1. The Balaban J connectivity index is 2.07. The fraction of sp³-hybridized carbons (Fsp3) is 0.562. The van der Waals surface area contributed by atoms with Gasteiger partial charge in [-0.25, -0.2) is 4.98 Å². The molecular formula is C16H20Cl2N2. The second-order valence-corrected chi connectivity index (χ2v) is 6.96. The topological polar surface area (TPSA) is 17.8 Å². The number of para-hydroxylation sites is 1. The van der Waals surface area contributed by atoms with Crippen LogP contribution in [-0.4, -0.2) is 15.4 Å². The highest BCUT2D eigenvalue weighted by Crippen LogP contribution is 2.53. The minimum absolute atomic E-state index is 0.441. The van der Waals surface area contributed by atoms with Gasteiger partial charge in [-0.2, -0.15) is 0 Å². The first-order valence-corrected chi connectivity index (χ1v) is 8.18. The molecule has 1 aliphatic carbocycles. The standard InChI is InChI=1S/C16H20Cl2N2/c1-11(2)16(7-8-16)10-20-13-5-3-4-12(18)15(13)19-14(20)6-9-17/h3-5,11H,6-10H2,1-2H3. The van der Waals surface area contributed by atoms with Crippen molar-refractivity contribution in [3.63, 3.8) is 0 Å². The molecule has 108 valence electrons. The van der Waals surface area contributed by atoms with Crippen LogP contribution in [-0.2, 0) is 13.0 Å². The fourth-order valence-corrected chi connectivity index (χ4v) is 3.39. The molecule has 0 atom stereocenters. The Morgan fingerprint density at radius 1 is 1.35 bits per heavy atom. The van der Waals surface area contributed by atoms with Crippen molar-refractivity contribution in [3.8, 4) is 0 Å². The summed E-state index contributed by atoms with van der Waals surface area (Å²) in [6.07, 6.45) is 3.41. The van der Waals surface area contributed by atoms with Gasteiger partial charge in [-0.15, -0.1) is 11.6 Å². The van der Waals surface area contributed by atoms with Crippen LogP contribution < -0.4 is 0 Å². The Morgan fingerprint density at radius 3 is 2.70 bits per heavy atom. The average molecular weight is 311 g/mol. The van der Waals surface area contributed by atoms with Crippen molar-refractivity contribution in [2.75, 3.05) is 5.88 Å². The van der Waals surface area contributed by atoms with Gasteiger partial charge < -0.3 is 4.57 Å². The molecule has 1 aliphatic rings. The molecule has 0 N–H and O–H groups in total. The molecule has 0 bridgehead atoms. The van der Waals surface area contributed by atoms with Crippen LogP contribution >= 0.6 is 23.2 Å². The lowest BCUT2D eigenvalue weighted by atomic mass is 9.92. The predicted molar refractivity (Wildman–Crippen MR) is 85.7 cm³/mol. The fourth-order valence-electron chi connectivity index (χ4n) is 3.01. The van der Waals surface area contributed by atoms with Crippen molar-refractivity contribution < 1.29 is 0 Å². The van der Waals surface area contributed by atoms with Crippen molar-refractivity contribution in [2.24, 2.45) is 11.3 Å². The Bertz CT molecular complexity index is 627. The molecule has 0 aliphatic heterocycles. The van der Waals surface area contributed by atoms with Gasteiger partial charge in [0.2, 0.25) is 0 Å². The third kappa shape index (κ3) is 2.33. The van der Waals surface area contributed by atoms with E-state index in [9.17, 15) is 0 Å². The maximum absolute atomic E-state index is 6.28. The number of imidazole rings is 1. The van der Waals surface area contributed by atoms with Crippen molar-refractivity contribution >= 4 is 34.2 Å². The molecule has 0 unspecified atom stereocenters. The minimum Gasteiger partial charge on any atom is -0.327 e. The Hall–Kier alpha value is -0.730. The highest BCUT2D eigenvalue weighted by Gasteiger charge is 2.46. The number of aromatic nitrogens is 2. The molecule has 0 spiro atoms. The Labute approximate surface area is 130 Å². The summed E-state index contributed by atoms with van der Waals surface area (Å²) >= 11 is 12.2. The number of fused-ring (bicyclic) bond motifs is 1. The second-order valence-electron chi connectivity index (χ2n) is 6.18. The van der Waals surface area contributed by atoms with Crippen LogP contribution in [0.25, 0.3) is 11.0 Å². The van der Waals surface area contributed by atoms with Crippen molar-refractivity contribution in [3.05, 3.63) is 29.0 Å². The molecule has 3 rings (SSSR count). The summed E-state index contributed by atoms with van der Waals surface area (Å²) in [5, 5.41) is 0.728. The van der Waals surface area contributed by atoms with Gasteiger partial charge in [-0.3, -0.25) is 0 Å². The van der Waals surface area contributed by atoms with Gasteiger partial charge in [0.1, 0.15) is 11.3 Å². The van der Waals surface area contributed by atoms with Crippen LogP contribution in [0.5, 0.6) is 0 Å². The number of aryl methyl sites for hydroxylation is 1. The molecule has 1 aromatic heterocycles. The smallest absolute Gasteiger partial charge is 0.111 e. The van der Waals surface area contributed by atoms with E-state index in [1.54, 1.807) is 0 Å². The number of halogens is 2. The van der Waals surface area contributed by atoms with E-state index in [-0.39, 0.29) is 0 Å². The summed E-state index contributed by atoms with van der Waals surface area (Å²) in [5.74, 6) is 2.35. The first-order chi connectivity index (χ1) is 9.57. The number of nitrogens with zero attached hydrogens (tertiary/aromatic N) is 2. The van der Waals surface area contributed by atoms with Crippen LogP contribution in [0, 0.1) is 11.3 Å². The number of rotatable bonds is 5. The van der Waals surface area contributed by atoms with E-state index in [1.165, 1.54) is 12.8 Å². The van der Waals surface area contributed by atoms with E-state index in [0.29, 0.717) is 17.2 Å². The molecule has 20 heavy (non-hydrogen) atoms. The van der Waals surface area contributed by atoms with Gasteiger partial charge in [0, 0.05) is 18.8 Å². The lowest BCUT2D eigenvalue weighted by molar-refractivity contribution is 0.309. The van der Waals surface area contributed by atoms with Crippen molar-refractivity contribution in [2.45, 2.75) is 39.7 Å². The lowest BCUT2D eigenvalue weighted by Crippen LogP contribution is -2.19. The summed E-state index contributed by atoms with van der Waals surface area (Å²) in [6.45, 7) is 5.67. The second kappa shape index (κ2) is 5.23. The van der Waals surface area contributed by atoms with E-state index in [1.807, 2.05) is 12.1 Å². The highest BCUT2D eigenvalue weighted by molar-refractivity contribution is 6.34. The van der Waals surface area contributed by atoms with Crippen LogP contribution in [0.4, 0.5) is 0 Å². The van der Waals surface area contributed by atoms with Crippen LogP contribution in [0.2, 0.25) is 5.02 Å². The molecule has 2 nitrogen and oxygen atoms in total. The molecule has 0 amide bonds. The lowest BCUT2D eigenvalue weighted by Gasteiger charge is -2.22. The minimum atomic E-state index is 0.441. The van der Waals surface area contributed by atoms with Crippen LogP contribution in [0.15, 0.2) is 18.2 Å². The van der Waals surface area contributed by atoms with Gasteiger partial charge in [0.05, 0.1) is 10.5 Å². The molecule has 0 radical (unpaired) electrons. The van der Waals surface area contributed by atoms with E-state index < -0.39 is 0 Å². The predicted octanol–water partition coefficient (Wildman–Crippen LogP) is 4.91. The zero-order chi connectivity index (χ0) is 14.3. The van der Waals surface area contributed by atoms with E-state index in [0.717, 1.165) is 34.8 Å². The van der Waals surface area contributed by atoms with E-state index in [4.69, 9.17) is 28.2 Å². The summed E-state index contributed by atoms with van der Waals surface area (Å²) in [6, 6.07) is 6.02. The van der Waals surface area contributed by atoms with Crippen molar-refractivity contribution in [1.29, 1.82) is 0 Å². The third-order valence-corrected chi connectivity index (χ3v) is 5.21. The monoisotopic (exact) mass is 310 g/mol. The maximum atomic E-state index is 6.28. The van der Waals surface area contributed by atoms with E-state index in [2.05, 4.69) is 24.5 Å². The summed E-state index contributed by atoms with van der Waals surface area (Å²) in [5.41, 5.74) is 2.50. The average Bonchev–Trinajstić information content (AvgIpc) is 3.11. The van der Waals surface area contributed by atoms with Gasteiger partial charge >= 0.3 is 0 Å². The number of benzene rings is 1. The molecule has 4 heteroatoms. The van der Waals surface area contributed by atoms with Gasteiger partial charge in [-0.05, 0) is 36.3 Å². The highest BCUT2D eigenvalue weighted by atomic mass is 35.5. The SMILES string of the molecule is CC(C)C1(Cn2c(CCCl)nc3c(Cl)cccc32)CC1. The summed E-state index contributed by atoms with van der Waals surface area (Å²) in [4.78, 5) is 4.72. The number of alkyl halides is 1. The van der Waals surface area contributed by atoms with E-state index >= 15 is 0 Å². The molecule has 1 saturated carbocycles. The molecule has 1 aromatic carbocycles.